The van der Waals surface area contributed by atoms with Gasteiger partial charge in [0, 0.05) is 54.9 Å². The Balaban J connectivity index is 1.07. The predicted molar refractivity (Wildman–Crippen MR) is 131 cm³/mol. The number of unbranched alkanes of at least 4 members (excludes halogenated alkanes) is 1. The van der Waals surface area contributed by atoms with Gasteiger partial charge in [-0.3, -0.25) is 9.69 Å². The Bertz CT molecular complexity index is 1190. The number of piperazine rings is 1. The molecule has 7 nitrogen and oxygen atoms in total. The van der Waals surface area contributed by atoms with E-state index < -0.39 is 0 Å². The lowest BCUT2D eigenvalue weighted by Crippen LogP contribution is -2.46. The van der Waals surface area contributed by atoms with Crippen LogP contribution in [0.25, 0.3) is 10.8 Å². The lowest BCUT2D eigenvalue weighted by molar-refractivity contribution is -0.116. The number of rotatable bonds is 7. The van der Waals surface area contributed by atoms with Crippen molar-refractivity contribution in [3.63, 3.8) is 0 Å². The Morgan fingerprint density at radius 2 is 1.91 bits per heavy atom. The van der Waals surface area contributed by atoms with Crippen LogP contribution in [0.15, 0.2) is 36.4 Å². The van der Waals surface area contributed by atoms with Crippen molar-refractivity contribution in [3.05, 3.63) is 53.5 Å². The molecule has 0 bridgehead atoms. The molecular weight excluding hydrogens is 433 g/mol. The number of halogens is 1. The first-order chi connectivity index (χ1) is 16.6. The first-order valence-corrected chi connectivity index (χ1v) is 12.0. The molecule has 0 aliphatic carbocycles. The van der Waals surface area contributed by atoms with Crippen molar-refractivity contribution in [2.24, 2.45) is 0 Å². The fraction of sp³-hybridized carbons (Fsp3) is 0.423. The van der Waals surface area contributed by atoms with Gasteiger partial charge in [-0.2, -0.15) is 4.98 Å². The largest absolute Gasteiger partial charge is 0.463 e. The Labute approximate surface area is 198 Å². The van der Waals surface area contributed by atoms with Gasteiger partial charge in [0.25, 0.3) is 0 Å². The van der Waals surface area contributed by atoms with Gasteiger partial charge in [-0.15, -0.1) is 0 Å². The summed E-state index contributed by atoms with van der Waals surface area (Å²) in [6, 6.07) is 11.5. The van der Waals surface area contributed by atoms with Gasteiger partial charge in [0.1, 0.15) is 11.6 Å². The second-order valence-electron chi connectivity index (χ2n) is 8.99. The topological polar surface area (TPSA) is 70.6 Å². The second kappa shape index (κ2) is 9.93. The summed E-state index contributed by atoms with van der Waals surface area (Å²) >= 11 is 0. The van der Waals surface area contributed by atoms with E-state index in [0.29, 0.717) is 31.3 Å². The number of anilines is 2. The maximum atomic E-state index is 13.8. The molecule has 0 unspecified atom stereocenters. The molecule has 8 heteroatoms. The number of aryl methyl sites for hydroxylation is 1. The molecule has 0 spiro atoms. The van der Waals surface area contributed by atoms with E-state index in [-0.39, 0.29) is 11.7 Å². The Kier molecular flexibility index (Phi) is 6.58. The maximum Gasteiger partial charge on any atom is 0.318 e. The van der Waals surface area contributed by atoms with E-state index in [9.17, 15) is 9.18 Å². The van der Waals surface area contributed by atoms with Crippen LogP contribution in [-0.2, 0) is 11.2 Å². The number of nitrogens with zero attached hydrogens (tertiary/aromatic N) is 4. The van der Waals surface area contributed by atoms with Gasteiger partial charge in [-0.05, 0) is 56.3 Å². The SMILES string of the molecule is Cc1nc(OCCCCN2CCN(c3cccc4ccc(F)cc34)CC2)nc2c1CCC(=O)N2. The number of amides is 1. The number of ether oxygens (including phenoxy) is 1. The summed E-state index contributed by atoms with van der Waals surface area (Å²) in [6.45, 7) is 7.33. The predicted octanol–water partition coefficient (Wildman–Crippen LogP) is 3.94. The van der Waals surface area contributed by atoms with Crippen LogP contribution < -0.4 is 15.0 Å². The second-order valence-corrected chi connectivity index (χ2v) is 8.99. The Morgan fingerprint density at radius 3 is 2.76 bits per heavy atom. The zero-order valence-corrected chi connectivity index (χ0v) is 19.5. The molecule has 178 valence electrons. The molecule has 0 radical (unpaired) electrons. The molecule has 2 aliphatic heterocycles. The Hall–Kier alpha value is -3.26. The van der Waals surface area contributed by atoms with Gasteiger partial charge in [0.2, 0.25) is 5.91 Å². The van der Waals surface area contributed by atoms with Gasteiger partial charge >= 0.3 is 6.01 Å². The van der Waals surface area contributed by atoms with E-state index in [4.69, 9.17) is 4.74 Å². The molecule has 3 heterocycles. The lowest BCUT2D eigenvalue weighted by Gasteiger charge is -2.36. The minimum atomic E-state index is -0.193. The average molecular weight is 464 g/mol. The number of benzene rings is 2. The fourth-order valence-electron chi connectivity index (χ4n) is 4.79. The summed E-state index contributed by atoms with van der Waals surface area (Å²) in [4.78, 5) is 25.3. The monoisotopic (exact) mass is 463 g/mol. The number of hydrogen-bond donors (Lipinski definition) is 1. The van der Waals surface area contributed by atoms with Gasteiger partial charge in [0.05, 0.1) is 6.61 Å². The minimum Gasteiger partial charge on any atom is -0.463 e. The lowest BCUT2D eigenvalue weighted by atomic mass is 10.1. The van der Waals surface area contributed by atoms with Crippen LogP contribution in [0, 0.1) is 12.7 Å². The third-order valence-electron chi connectivity index (χ3n) is 6.69. The highest BCUT2D eigenvalue weighted by Gasteiger charge is 2.21. The summed E-state index contributed by atoms with van der Waals surface area (Å²) in [6.07, 6.45) is 3.10. The molecule has 0 saturated carbocycles. The van der Waals surface area contributed by atoms with E-state index in [0.717, 1.165) is 73.3 Å². The van der Waals surface area contributed by atoms with E-state index >= 15 is 0 Å². The molecule has 2 aromatic carbocycles. The highest BCUT2D eigenvalue weighted by atomic mass is 19.1. The number of aromatic nitrogens is 2. The van der Waals surface area contributed by atoms with E-state index in [1.165, 1.54) is 6.07 Å². The summed E-state index contributed by atoms with van der Waals surface area (Å²) in [5.74, 6) is 0.385. The molecule has 2 aliphatic rings. The molecule has 34 heavy (non-hydrogen) atoms. The molecule has 1 fully saturated rings. The van der Waals surface area contributed by atoms with Gasteiger partial charge in [-0.1, -0.05) is 18.2 Å². The van der Waals surface area contributed by atoms with Crippen LogP contribution >= 0.6 is 0 Å². The molecule has 1 N–H and O–H groups in total. The molecule has 1 amide bonds. The van der Waals surface area contributed by atoms with E-state index in [1.54, 1.807) is 6.07 Å². The molecule has 1 aromatic heterocycles. The van der Waals surface area contributed by atoms with Crippen LogP contribution in [0.2, 0.25) is 0 Å². The third-order valence-corrected chi connectivity index (χ3v) is 6.69. The van der Waals surface area contributed by atoms with Gasteiger partial charge in [-0.25, -0.2) is 9.37 Å². The smallest absolute Gasteiger partial charge is 0.318 e. The summed E-state index contributed by atoms with van der Waals surface area (Å²) < 4.78 is 19.6. The van der Waals surface area contributed by atoms with Gasteiger partial charge < -0.3 is 15.0 Å². The van der Waals surface area contributed by atoms with Crippen molar-refractivity contribution < 1.29 is 13.9 Å². The normalized spacial score (nSPS) is 16.4. The van der Waals surface area contributed by atoms with Crippen molar-refractivity contribution in [2.45, 2.75) is 32.6 Å². The van der Waals surface area contributed by atoms with Crippen molar-refractivity contribution >= 4 is 28.2 Å². The third kappa shape index (κ3) is 4.97. The first-order valence-electron chi connectivity index (χ1n) is 12.0. The first kappa shape index (κ1) is 22.5. The minimum absolute atomic E-state index is 0.00994. The number of nitrogens with one attached hydrogen (secondary N) is 1. The number of fused-ring (bicyclic) bond motifs is 2. The number of carbonyl (C=O) groups excluding carboxylic acids is 1. The zero-order chi connectivity index (χ0) is 23.5. The van der Waals surface area contributed by atoms with Crippen LogP contribution in [0.5, 0.6) is 6.01 Å². The highest BCUT2D eigenvalue weighted by molar-refractivity contribution is 5.94. The Morgan fingerprint density at radius 1 is 1.06 bits per heavy atom. The fourth-order valence-corrected chi connectivity index (χ4v) is 4.79. The number of hydrogen-bond acceptors (Lipinski definition) is 6. The van der Waals surface area contributed by atoms with E-state index in [1.807, 2.05) is 25.1 Å². The molecule has 3 aromatic rings. The van der Waals surface area contributed by atoms with Gasteiger partial charge in [0.15, 0.2) is 0 Å². The van der Waals surface area contributed by atoms with Crippen molar-refractivity contribution in [2.75, 3.05) is 49.5 Å². The average Bonchev–Trinajstić information content (AvgIpc) is 2.83. The summed E-state index contributed by atoms with van der Waals surface area (Å²) in [5, 5.41) is 4.86. The molecular formula is C26H30FN5O2. The van der Waals surface area contributed by atoms with Crippen LogP contribution in [0.4, 0.5) is 15.9 Å². The van der Waals surface area contributed by atoms with Crippen molar-refractivity contribution in [1.29, 1.82) is 0 Å². The quantitative estimate of drug-likeness (QED) is 0.535. The van der Waals surface area contributed by atoms with Crippen molar-refractivity contribution in [3.8, 4) is 6.01 Å². The number of carbonyl (C=O) groups is 1. The molecule has 0 atom stereocenters. The van der Waals surface area contributed by atoms with Crippen molar-refractivity contribution in [1.82, 2.24) is 14.9 Å². The molecule has 5 rings (SSSR count). The maximum absolute atomic E-state index is 13.8. The van der Waals surface area contributed by atoms with Crippen LogP contribution in [-0.4, -0.2) is 60.1 Å². The van der Waals surface area contributed by atoms with Crippen LogP contribution in [0.3, 0.4) is 0 Å². The van der Waals surface area contributed by atoms with Crippen LogP contribution in [0.1, 0.15) is 30.5 Å². The summed E-state index contributed by atoms with van der Waals surface area (Å²) in [5.41, 5.74) is 2.98. The summed E-state index contributed by atoms with van der Waals surface area (Å²) in [7, 11) is 0. The standard InChI is InChI=1S/C26H30FN5O2/c1-18-21-9-10-24(33)29-25(21)30-26(28-18)34-16-3-2-11-31-12-14-32(15-13-31)23-6-4-5-19-7-8-20(27)17-22(19)23/h4-8,17H,2-3,9-16H2,1H3,(H,28,29,30,33). The highest BCUT2D eigenvalue weighted by Crippen LogP contribution is 2.28. The molecule has 1 saturated heterocycles. The zero-order valence-electron chi connectivity index (χ0n) is 19.5. The van der Waals surface area contributed by atoms with E-state index in [2.05, 4.69) is 31.2 Å².